The molecule has 9 heavy (non-hydrogen) atoms. The average molecular weight is 128 g/mol. The minimum Gasteiger partial charge on any atom is -0.291 e. The Labute approximate surface area is 55.3 Å². The molecular weight excluding hydrogens is 116 g/mol. The van der Waals surface area contributed by atoms with E-state index in [1.807, 2.05) is 0 Å². The molecule has 0 aromatic carbocycles. The maximum Gasteiger partial charge on any atom is 0.203 e. The van der Waals surface area contributed by atoms with E-state index in [0.717, 1.165) is 0 Å². The predicted octanol–water partition coefficient (Wildman–Crippen LogP) is 1.19. The molecule has 2 heteroatoms. The molecule has 0 heterocycles. The smallest absolute Gasteiger partial charge is 0.203 e. The SMILES string of the molecule is CC(=O)C(=O)C(C)(C)C. The average Bonchev–Trinajstić information content (AvgIpc) is 1.62. The first kappa shape index (κ1) is 8.34. The molecule has 0 aromatic rings. The van der Waals surface area contributed by atoms with Gasteiger partial charge in [0.25, 0.3) is 0 Å². The summed E-state index contributed by atoms with van der Waals surface area (Å²) >= 11 is 0. The van der Waals surface area contributed by atoms with Gasteiger partial charge in [0.2, 0.25) is 5.78 Å². The van der Waals surface area contributed by atoms with Crippen molar-refractivity contribution >= 4 is 11.6 Å². The summed E-state index contributed by atoms with van der Waals surface area (Å²) in [4.78, 5) is 21.3. The topological polar surface area (TPSA) is 34.1 Å². The molecule has 2 nitrogen and oxygen atoms in total. The van der Waals surface area contributed by atoms with Gasteiger partial charge in [-0.3, -0.25) is 9.59 Å². The molecule has 0 aliphatic heterocycles. The summed E-state index contributed by atoms with van der Waals surface area (Å²) in [6.45, 7) is 6.50. The number of ketones is 2. The second-order valence-electron chi connectivity index (χ2n) is 3.14. The third-order valence-electron chi connectivity index (χ3n) is 1.00. The highest BCUT2D eigenvalue weighted by Crippen LogP contribution is 2.14. The Kier molecular flexibility index (Phi) is 2.13. The first-order chi connectivity index (χ1) is 3.85. The van der Waals surface area contributed by atoms with Gasteiger partial charge < -0.3 is 0 Å². The highest BCUT2D eigenvalue weighted by Gasteiger charge is 2.24. The quantitative estimate of drug-likeness (QED) is 0.497. The van der Waals surface area contributed by atoms with E-state index < -0.39 is 5.41 Å². The zero-order valence-corrected chi connectivity index (χ0v) is 6.32. The fraction of sp³-hybridized carbons (Fsp3) is 0.714. The highest BCUT2D eigenvalue weighted by molar-refractivity contribution is 6.37. The molecule has 0 aliphatic rings. The minimum absolute atomic E-state index is 0.303. The van der Waals surface area contributed by atoms with Crippen molar-refractivity contribution in [3.63, 3.8) is 0 Å². The summed E-state index contributed by atoms with van der Waals surface area (Å²) < 4.78 is 0. The zero-order valence-electron chi connectivity index (χ0n) is 6.32. The standard InChI is InChI=1S/C7H12O2/c1-5(8)6(9)7(2,3)4/h1-4H3. The first-order valence-corrected chi connectivity index (χ1v) is 2.91. The van der Waals surface area contributed by atoms with Gasteiger partial charge in [-0.25, -0.2) is 0 Å². The van der Waals surface area contributed by atoms with Crippen molar-refractivity contribution in [3.05, 3.63) is 0 Å². The van der Waals surface area contributed by atoms with E-state index in [9.17, 15) is 9.59 Å². The van der Waals surface area contributed by atoms with Crippen molar-refractivity contribution in [3.8, 4) is 0 Å². The van der Waals surface area contributed by atoms with E-state index in [2.05, 4.69) is 0 Å². The summed E-state index contributed by atoms with van der Waals surface area (Å²) in [5.41, 5.74) is -0.508. The van der Waals surface area contributed by atoms with Crippen LogP contribution in [0, 0.1) is 5.41 Å². The van der Waals surface area contributed by atoms with E-state index in [1.54, 1.807) is 20.8 Å². The van der Waals surface area contributed by atoms with Gasteiger partial charge >= 0.3 is 0 Å². The lowest BCUT2D eigenvalue weighted by molar-refractivity contribution is -0.140. The lowest BCUT2D eigenvalue weighted by Gasteiger charge is -2.12. The molecule has 52 valence electrons. The van der Waals surface area contributed by atoms with Crippen molar-refractivity contribution < 1.29 is 9.59 Å². The van der Waals surface area contributed by atoms with Gasteiger partial charge in [-0.1, -0.05) is 20.8 Å². The highest BCUT2D eigenvalue weighted by atomic mass is 16.2. The summed E-state index contributed by atoms with van der Waals surface area (Å²) in [5, 5.41) is 0. The van der Waals surface area contributed by atoms with Crippen LogP contribution in [0.15, 0.2) is 0 Å². The van der Waals surface area contributed by atoms with Gasteiger partial charge in [0.15, 0.2) is 5.78 Å². The molecule has 0 aliphatic carbocycles. The van der Waals surface area contributed by atoms with E-state index in [-0.39, 0.29) is 11.6 Å². The van der Waals surface area contributed by atoms with Crippen molar-refractivity contribution in [2.45, 2.75) is 27.7 Å². The van der Waals surface area contributed by atoms with Crippen molar-refractivity contribution in [2.75, 3.05) is 0 Å². The summed E-state index contributed by atoms with van der Waals surface area (Å²) in [6, 6.07) is 0. The van der Waals surface area contributed by atoms with Gasteiger partial charge in [0.05, 0.1) is 0 Å². The molecular formula is C7H12O2. The molecule has 0 saturated heterocycles. The fourth-order valence-electron chi connectivity index (χ4n) is 0.528. The second-order valence-corrected chi connectivity index (χ2v) is 3.14. The third-order valence-corrected chi connectivity index (χ3v) is 1.00. The maximum atomic E-state index is 10.8. The third kappa shape index (κ3) is 2.40. The Bertz CT molecular complexity index is 139. The molecule has 0 unspecified atom stereocenters. The molecule has 0 amide bonds. The molecule has 0 saturated carbocycles. The van der Waals surface area contributed by atoms with Crippen molar-refractivity contribution in [2.24, 2.45) is 5.41 Å². The maximum absolute atomic E-state index is 10.8. The van der Waals surface area contributed by atoms with Crippen molar-refractivity contribution in [1.29, 1.82) is 0 Å². The summed E-state index contributed by atoms with van der Waals surface area (Å²) in [5.74, 6) is -0.662. The molecule has 0 N–H and O–H groups in total. The first-order valence-electron chi connectivity index (χ1n) is 2.91. The van der Waals surface area contributed by atoms with E-state index in [4.69, 9.17) is 0 Å². The van der Waals surface area contributed by atoms with Crippen molar-refractivity contribution in [1.82, 2.24) is 0 Å². The van der Waals surface area contributed by atoms with Crippen LogP contribution in [0.5, 0.6) is 0 Å². The van der Waals surface area contributed by atoms with Gasteiger partial charge in [0.1, 0.15) is 0 Å². The van der Waals surface area contributed by atoms with Crippen LogP contribution in [0.3, 0.4) is 0 Å². The summed E-state index contributed by atoms with van der Waals surface area (Å²) in [7, 11) is 0. The van der Waals surface area contributed by atoms with Gasteiger partial charge in [-0.2, -0.15) is 0 Å². The van der Waals surface area contributed by atoms with Crippen LogP contribution in [-0.2, 0) is 9.59 Å². The monoisotopic (exact) mass is 128 g/mol. The number of carbonyl (C=O) groups is 2. The lowest BCUT2D eigenvalue weighted by Crippen LogP contribution is -2.26. The molecule has 0 radical (unpaired) electrons. The molecule has 0 bridgehead atoms. The number of Topliss-reactive ketones (excluding diaryl/α,β-unsaturated/α-hetero) is 2. The Morgan fingerprint density at radius 1 is 1.11 bits per heavy atom. The molecule has 0 fully saturated rings. The Morgan fingerprint density at radius 3 is 1.44 bits per heavy atom. The van der Waals surface area contributed by atoms with Crippen LogP contribution in [0.4, 0.5) is 0 Å². The van der Waals surface area contributed by atoms with E-state index >= 15 is 0 Å². The predicted molar refractivity (Wildman–Crippen MR) is 35.1 cm³/mol. The van der Waals surface area contributed by atoms with E-state index in [0.29, 0.717) is 0 Å². The Balaban J connectivity index is 4.23. The molecule has 0 atom stereocenters. The van der Waals surface area contributed by atoms with E-state index in [1.165, 1.54) is 6.92 Å². The number of hydrogen-bond donors (Lipinski definition) is 0. The van der Waals surface area contributed by atoms with Crippen LogP contribution in [0.1, 0.15) is 27.7 Å². The Hall–Kier alpha value is -0.660. The lowest BCUT2D eigenvalue weighted by atomic mass is 9.89. The van der Waals surface area contributed by atoms with Gasteiger partial charge in [-0.15, -0.1) is 0 Å². The molecule has 0 aromatic heterocycles. The minimum atomic E-state index is -0.508. The number of carbonyl (C=O) groups excluding carboxylic acids is 2. The molecule has 0 rings (SSSR count). The largest absolute Gasteiger partial charge is 0.291 e. The van der Waals surface area contributed by atoms with Crippen LogP contribution >= 0.6 is 0 Å². The number of rotatable bonds is 1. The van der Waals surface area contributed by atoms with Crippen LogP contribution < -0.4 is 0 Å². The van der Waals surface area contributed by atoms with Gasteiger partial charge in [0, 0.05) is 12.3 Å². The summed E-state index contributed by atoms with van der Waals surface area (Å²) in [6.07, 6.45) is 0. The zero-order chi connectivity index (χ0) is 7.65. The Morgan fingerprint density at radius 2 is 1.44 bits per heavy atom. The van der Waals surface area contributed by atoms with Crippen LogP contribution in [0.25, 0.3) is 0 Å². The number of hydrogen-bond acceptors (Lipinski definition) is 2. The van der Waals surface area contributed by atoms with Gasteiger partial charge in [-0.05, 0) is 0 Å². The normalized spacial score (nSPS) is 11.1. The fourth-order valence-corrected chi connectivity index (χ4v) is 0.528. The van der Waals surface area contributed by atoms with Crippen LogP contribution in [-0.4, -0.2) is 11.6 Å². The molecule has 0 spiro atoms. The second kappa shape index (κ2) is 2.29. The van der Waals surface area contributed by atoms with Crippen LogP contribution in [0.2, 0.25) is 0 Å².